The molecule has 5 nitrogen and oxygen atoms in total. The number of carbonyl (C=O) groups is 2. The van der Waals surface area contributed by atoms with Crippen molar-refractivity contribution in [3.63, 3.8) is 0 Å². The van der Waals surface area contributed by atoms with E-state index in [0.717, 1.165) is 6.07 Å². The molecule has 2 aliphatic heterocycles. The van der Waals surface area contributed by atoms with E-state index < -0.39 is 17.5 Å². The molecule has 2 saturated heterocycles. The van der Waals surface area contributed by atoms with Gasteiger partial charge in [0, 0.05) is 29.0 Å². The molecule has 2 N–H and O–H groups in total. The molecule has 140 valence electrons. The Morgan fingerprint density at radius 1 is 1.11 bits per heavy atom. The molecular weight excluding hydrogens is 347 g/mol. The third-order valence-electron chi connectivity index (χ3n) is 5.60. The van der Waals surface area contributed by atoms with Gasteiger partial charge in [0.05, 0.1) is 5.56 Å². The van der Waals surface area contributed by atoms with Crippen molar-refractivity contribution in [2.24, 2.45) is 0 Å². The van der Waals surface area contributed by atoms with Gasteiger partial charge in [-0.2, -0.15) is 0 Å². The summed E-state index contributed by atoms with van der Waals surface area (Å²) < 4.78 is 13.7. The fraction of sp³-hybridized carbons (Fsp3) is 0.333. The minimum absolute atomic E-state index is 0.0226. The summed E-state index contributed by atoms with van der Waals surface area (Å²) in [7, 11) is 0. The van der Waals surface area contributed by atoms with Crippen LogP contribution in [-0.4, -0.2) is 29.4 Å². The summed E-state index contributed by atoms with van der Waals surface area (Å²) in [5.74, 6) is -2.29. The molecule has 1 amide bonds. The van der Waals surface area contributed by atoms with Gasteiger partial charge in [0.25, 0.3) is 5.91 Å². The number of anilines is 2. The van der Waals surface area contributed by atoms with Gasteiger partial charge in [-0.25, -0.2) is 4.39 Å². The normalized spacial score (nSPS) is 21.1. The van der Waals surface area contributed by atoms with E-state index in [1.165, 1.54) is 43.9 Å². The van der Waals surface area contributed by atoms with Crippen molar-refractivity contribution in [3.8, 4) is 5.75 Å². The predicted molar refractivity (Wildman–Crippen MR) is 101 cm³/mol. The van der Waals surface area contributed by atoms with Crippen molar-refractivity contribution < 1.29 is 19.1 Å². The highest BCUT2D eigenvalue weighted by atomic mass is 19.1. The molecule has 0 spiro atoms. The predicted octanol–water partition coefficient (Wildman–Crippen LogP) is 4.12. The van der Waals surface area contributed by atoms with E-state index in [1.54, 1.807) is 0 Å². The smallest absolute Gasteiger partial charge is 0.255 e. The minimum atomic E-state index is -0.999. The van der Waals surface area contributed by atoms with Crippen molar-refractivity contribution in [3.05, 3.63) is 53.3 Å². The Morgan fingerprint density at radius 3 is 2.41 bits per heavy atom. The highest BCUT2D eigenvalue weighted by Gasteiger charge is 2.36. The molecule has 4 rings (SSSR count). The lowest BCUT2D eigenvalue weighted by atomic mass is 10.0. The number of nitrogens with zero attached hydrogens (tertiary/aromatic N) is 1. The second kappa shape index (κ2) is 7.02. The summed E-state index contributed by atoms with van der Waals surface area (Å²) in [5, 5.41) is 12.2. The number of aldehydes is 1. The topological polar surface area (TPSA) is 69.6 Å². The maximum atomic E-state index is 13.7. The van der Waals surface area contributed by atoms with Crippen LogP contribution in [0.5, 0.6) is 5.75 Å². The highest BCUT2D eigenvalue weighted by molar-refractivity contribution is 6.05. The molecule has 2 unspecified atom stereocenters. The SMILES string of the molecule is O=Cc1cc(C(=O)Nc2ccc(N3C4CCCC3CC4)cc2)cc(F)c1O. The van der Waals surface area contributed by atoms with Crippen molar-refractivity contribution in [2.75, 3.05) is 10.2 Å². The van der Waals surface area contributed by atoms with Gasteiger partial charge in [0.15, 0.2) is 17.9 Å². The summed E-state index contributed by atoms with van der Waals surface area (Å²) in [5.41, 5.74) is 1.48. The van der Waals surface area contributed by atoms with Crippen LogP contribution in [-0.2, 0) is 0 Å². The first-order chi connectivity index (χ1) is 13.1. The zero-order valence-electron chi connectivity index (χ0n) is 14.8. The van der Waals surface area contributed by atoms with Gasteiger partial charge in [0.1, 0.15) is 0 Å². The first-order valence-electron chi connectivity index (χ1n) is 9.24. The van der Waals surface area contributed by atoms with E-state index in [0.29, 0.717) is 24.1 Å². The van der Waals surface area contributed by atoms with Crippen LogP contribution in [0.4, 0.5) is 15.8 Å². The molecule has 2 aromatic rings. The number of hydrogen-bond acceptors (Lipinski definition) is 4. The van der Waals surface area contributed by atoms with Crippen LogP contribution in [0.2, 0.25) is 0 Å². The third-order valence-corrected chi connectivity index (χ3v) is 5.60. The molecule has 0 saturated carbocycles. The number of benzene rings is 2. The number of nitrogens with one attached hydrogen (secondary N) is 1. The standard InChI is InChI=1S/C21H21FN2O3/c22-19-11-13(10-14(12-25)20(19)26)21(27)23-15-4-6-18(7-5-15)24-16-2-1-3-17(24)9-8-16/h4-7,10-12,16-17,26H,1-3,8-9H2,(H,23,27). The van der Waals surface area contributed by atoms with Gasteiger partial charge >= 0.3 is 0 Å². The van der Waals surface area contributed by atoms with Crippen molar-refractivity contribution in [1.82, 2.24) is 0 Å². The number of phenolic OH excluding ortho intramolecular Hbond substituents is 1. The van der Waals surface area contributed by atoms with Crippen molar-refractivity contribution in [2.45, 2.75) is 44.2 Å². The maximum Gasteiger partial charge on any atom is 0.255 e. The lowest BCUT2D eigenvalue weighted by Crippen LogP contribution is -2.39. The Hall–Kier alpha value is -2.89. The van der Waals surface area contributed by atoms with Crippen LogP contribution in [0, 0.1) is 5.82 Å². The average molecular weight is 368 g/mol. The van der Waals surface area contributed by atoms with E-state index in [1.807, 2.05) is 24.3 Å². The molecule has 27 heavy (non-hydrogen) atoms. The fourth-order valence-electron chi connectivity index (χ4n) is 4.30. The maximum absolute atomic E-state index is 13.7. The minimum Gasteiger partial charge on any atom is -0.504 e. The summed E-state index contributed by atoms with van der Waals surface area (Å²) in [6.07, 6.45) is 6.58. The number of rotatable bonds is 4. The monoisotopic (exact) mass is 368 g/mol. The second-order valence-corrected chi connectivity index (χ2v) is 7.24. The third kappa shape index (κ3) is 3.27. The first kappa shape index (κ1) is 17.5. The van der Waals surface area contributed by atoms with E-state index in [2.05, 4.69) is 10.2 Å². The molecule has 2 bridgehead atoms. The Balaban J connectivity index is 1.50. The quantitative estimate of drug-likeness (QED) is 0.797. The zero-order valence-corrected chi connectivity index (χ0v) is 14.8. The number of halogens is 1. The van der Waals surface area contributed by atoms with E-state index in [4.69, 9.17) is 0 Å². The second-order valence-electron chi connectivity index (χ2n) is 7.24. The van der Waals surface area contributed by atoms with Gasteiger partial charge in [0.2, 0.25) is 0 Å². The van der Waals surface area contributed by atoms with Crippen molar-refractivity contribution in [1.29, 1.82) is 0 Å². The Bertz CT molecular complexity index is 866. The molecular formula is C21H21FN2O3. The fourth-order valence-corrected chi connectivity index (χ4v) is 4.30. The number of carbonyl (C=O) groups excluding carboxylic acids is 2. The summed E-state index contributed by atoms with van der Waals surface area (Å²) in [4.78, 5) is 25.8. The van der Waals surface area contributed by atoms with Gasteiger partial charge in [-0.3, -0.25) is 9.59 Å². The summed E-state index contributed by atoms with van der Waals surface area (Å²) in [6, 6.07) is 11.0. The lowest BCUT2D eigenvalue weighted by molar-refractivity contribution is 0.102. The Labute approximate surface area is 156 Å². The molecule has 2 aromatic carbocycles. The summed E-state index contributed by atoms with van der Waals surface area (Å²) in [6.45, 7) is 0. The number of amides is 1. The molecule has 6 heteroatoms. The lowest BCUT2D eigenvalue weighted by Gasteiger charge is -2.36. The molecule has 2 heterocycles. The molecule has 0 radical (unpaired) electrons. The number of aromatic hydroxyl groups is 1. The molecule has 0 aliphatic carbocycles. The highest BCUT2D eigenvalue weighted by Crippen LogP contribution is 2.39. The van der Waals surface area contributed by atoms with Crippen molar-refractivity contribution >= 4 is 23.6 Å². The van der Waals surface area contributed by atoms with E-state index in [9.17, 15) is 19.1 Å². The Kier molecular flexibility index (Phi) is 4.56. The van der Waals surface area contributed by atoms with E-state index in [-0.39, 0.29) is 11.1 Å². The number of piperidine rings is 1. The summed E-state index contributed by atoms with van der Waals surface area (Å²) >= 11 is 0. The first-order valence-corrected chi connectivity index (χ1v) is 9.24. The average Bonchev–Trinajstić information content (AvgIpc) is 2.92. The molecule has 0 aromatic heterocycles. The van der Waals surface area contributed by atoms with Gasteiger partial charge < -0.3 is 15.3 Å². The van der Waals surface area contributed by atoms with Crippen LogP contribution < -0.4 is 10.2 Å². The van der Waals surface area contributed by atoms with Gasteiger partial charge in [-0.05, 0) is 68.5 Å². The van der Waals surface area contributed by atoms with Gasteiger partial charge in [-0.1, -0.05) is 0 Å². The van der Waals surface area contributed by atoms with Crippen LogP contribution in [0.1, 0.15) is 52.8 Å². The largest absolute Gasteiger partial charge is 0.504 e. The van der Waals surface area contributed by atoms with Gasteiger partial charge in [-0.15, -0.1) is 0 Å². The van der Waals surface area contributed by atoms with E-state index >= 15 is 0 Å². The number of hydrogen-bond donors (Lipinski definition) is 2. The Morgan fingerprint density at radius 2 is 1.78 bits per heavy atom. The van der Waals surface area contributed by atoms with Crippen LogP contribution >= 0.6 is 0 Å². The number of fused-ring (bicyclic) bond motifs is 2. The van der Waals surface area contributed by atoms with Crippen LogP contribution in [0.25, 0.3) is 0 Å². The zero-order chi connectivity index (χ0) is 19.0. The van der Waals surface area contributed by atoms with Crippen LogP contribution in [0.3, 0.4) is 0 Å². The molecule has 2 aliphatic rings. The number of phenols is 1. The molecule has 2 fully saturated rings. The molecule has 2 atom stereocenters. The van der Waals surface area contributed by atoms with Crippen LogP contribution in [0.15, 0.2) is 36.4 Å².